The first kappa shape index (κ1) is 11.8. The zero-order valence-corrected chi connectivity index (χ0v) is 9.89. The minimum Gasteiger partial charge on any atom is -0.386 e. The van der Waals surface area contributed by atoms with E-state index in [1.54, 1.807) is 29.9 Å². The Morgan fingerprint density at radius 2 is 2.12 bits per heavy atom. The minimum absolute atomic E-state index is 0.256. The fraction of sp³-hybridized carbons (Fsp3) is 0.308. The zero-order valence-electron chi connectivity index (χ0n) is 9.89. The van der Waals surface area contributed by atoms with Gasteiger partial charge in [-0.2, -0.15) is 5.10 Å². The molecule has 0 aliphatic carbocycles. The van der Waals surface area contributed by atoms with E-state index in [1.165, 1.54) is 6.07 Å². The second kappa shape index (κ2) is 4.67. The van der Waals surface area contributed by atoms with E-state index in [1.807, 2.05) is 13.0 Å². The van der Waals surface area contributed by atoms with Gasteiger partial charge in [-0.05, 0) is 24.6 Å². The molecule has 1 heterocycles. The van der Waals surface area contributed by atoms with Gasteiger partial charge in [-0.3, -0.25) is 4.68 Å². The molecule has 2 aromatic rings. The third-order valence-corrected chi connectivity index (χ3v) is 2.75. The van der Waals surface area contributed by atoms with Gasteiger partial charge in [0.15, 0.2) is 0 Å². The molecule has 0 saturated heterocycles. The summed E-state index contributed by atoms with van der Waals surface area (Å²) in [6.07, 6.45) is -0.482. The first-order valence-corrected chi connectivity index (χ1v) is 5.50. The lowest BCUT2D eigenvalue weighted by Gasteiger charge is -2.11. The van der Waals surface area contributed by atoms with Crippen molar-refractivity contribution in [1.82, 2.24) is 9.78 Å². The van der Waals surface area contributed by atoms with E-state index in [-0.39, 0.29) is 12.2 Å². The topological polar surface area (TPSA) is 38.0 Å². The summed E-state index contributed by atoms with van der Waals surface area (Å²) in [5.41, 5.74) is 2.06. The van der Waals surface area contributed by atoms with E-state index in [0.29, 0.717) is 11.3 Å². The number of hydrogen-bond donors (Lipinski definition) is 1. The predicted octanol–water partition coefficient (Wildman–Crippen LogP) is 2.14. The van der Waals surface area contributed by atoms with Crippen molar-refractivity contribution < 1.29 is 9.50 Å². The van der Waals surface area contributed by atoms with Crippen LogP contribution in [0.5, 0.6) is 0 Å². The van der Waals surface area contributed by atoms with Crippen LogP contribution in [0, 0.1) is 12.7 Å². The summed E-state index contributed by atoms with van der Waals surface area (Å²) in [7, 11) is 1.77. The van der Waals surface area contributed by atoms with Crippen LogP contribution < -0.4 is 0 Å². The molecular formula is C13H15FN2O. The Bertz CT molecular complexity index is 522. The molecule has 0 spiro atoms. The molecule has 1 aromatic carbocycles. The van der Waals surface area contributed by atoms with Crippen LogP contribution in [0.15, 0.2) is 30.3 Å². The number of aryl methyl sites for hydroxylation is 2. The Labute approximate surface area is 99.5 Å². The van der Waals surface area contributed by atoms with Crippen LogP contribution in [-0.4, -0.2) is 14.9 Å². The molecule has 0 saturated carbocycles. The highest BCUT2D eigenvalue weighted by molar-refractivity contribution is 5.21. The van der Waals surface area contributed by atoms with Crippen molar-refractivity contribution >= 4 is 0 Å². The van der Waals surface area contributed by atoms with Crippen LogP contribution in [0.3, 0.4) is 0 Å². The third kappa shape index (κ3) is 2.53. The molecule has 1 aromatic heterocycles. The monoisotopic (exact) mass is 234 g/mol. The molecule has 17 heavy (non-hydrogen) atoms. The fourth-order valence-electron chi connectivity index (χ4n) is 1.92. The van der Waals surface area contributed by atoms with Gasteiger partial charge in [-0.25, -0.2) is 4.39 Å². The van der Waals surface area contributed by atoms with Crippen molar-refractivity contribution in [1.29, 1.82) is 0 Å². The highest BCUT2D eigenvalue weighted by Gasteiger charge is 2.15. The standard InChI is InChI=1S/C13H15FN2O/c1-9-7-12(16(2)15-9)13(17)8-10-5-3-4-6-11(10)14/h3-7,13,17H,8H2,1-2H3. The van der Waals surface area contributed by atoms with Crippen LogP contribution in [0.2, 0.25) is 0 Å². The number of aliphatic hydroxyl groups is 1. The van der Waals surface area contributed by atoms with Crippen LogP contribution in [0.25, 0.3) is 0 Å². The summed E-state index contributed by atoms with van der Waals surface area (Å²) in [6, 6.07) is 8.29. The van der Waals surface area contributed by atoms with Crippen molar-refractivity contribution in [2.45, 2.75) is 19.4 Å². The molecule has 1 unspecified atom stereocenters. The number of aliphatic hydroxyl groups excluding tert-OH is 1. The number of rotatable bonds is 3. The Kier molecular flexibility index (Phi) is 3.24. The molecule has 1 N–H and O–H groups in total. The fourth-order valence-corrected chi connectivity index (χ4v) is 1.92. The molecule has 4 heteroatoms. The first-order valence-electron chi connectivity index (χ1n) is 5.50. The van der Waals surface area contributed by atoms with Crippen molar-refractivity contribution in [3.63, 3.8) is 0 Å². The van der Waals surface area contributed by atoms with Gasteiger partial charge in [0.25, 0.3) is 0 Å². The number of hydrogen-bond acceptors (Lipinski definition) is 2. The van der Waals surface area contributed by atoms with Crippen LogP contribution in [0.1, 0.15) is 23.1 Å². The largest absolute Gasteiger partial charge is 0.386 e. The molecule has 0 aliphatic heterocycles. The van der Waals surface area contributed by atoms with Crippen LogP contribution in [-0.2, 0) is 13.5 Å². The SMILES string of the molecule is Cc1cc(C(O)Cc2ccccc2F)n(C)n1. The molecule has 3 nitrogen and oxygen atoms in total. The smallest absolute Gasteiger partial charge is 0.126 e. The zero-order chi connectivity index (χ0) is 12.4. The number of aromatic nitrogens is 2. The second-order valence-electron chi connectivity index (χ2n) is 4.15. The normalized spacial score (nSPS) is 12.7. The highest BCUT2D eigenvalue weighted by atomic mass is 19.1. The van der Waals surface area contributed by atoms with E-state index in [4.69, 9.17) is 0 Å². The van der Waals surface area contributed by atoms with Crippen molar-refractivity contribution in [2.75, 3.05) is 0 Å². The lowest BCUT2D eigenvalue weighted by atomic mass is 10.0. The lowest BCUT2D eigenvalue weighted by molar-refractivity contribution is 0.167. The van der Waals surface area contributed by atoms with Gasteiger partial charge in [-0.1, -0.05) is 18.2 Å². The maximum absolute atomic E-state index is 13.4. The maximum Gasteiger partial charge on any atom is 0.126 e. The van der Waals surface area contributed by atoms with Crippen molar-refractivity contribution in [3.8, 4) is 0 Å². The van der Waals surface area contributed by atoms with Gasteiger partial charge in [0.05, 0.1) is 17.5 Å². The van der Waals surface area contributed by atoms with Gasteiger partial charge >= 0.3 is 0 Å². The Balaban J connectivity index is 2.20. The second-order valence-corrected chi connectivity index (χ2v) is 4.15. The predicted molar refractivity (Wildman–Crippen MR) is 63.0 cm³/mol. The van der Waals surface area contributed by atoms with E-state index in [0.717, 1.165) is 5.69 Å². The molecule has 0 aliphatic rings. The first-order chi connectivity index (χ1) is 8.08. The van der Waals surface area contributed by atoms with E-state index >= 15 is 0 Å². The molecule has 0 bridgehead atoms. The summed E-state index contributed by atoms with van der Waals surface area (Å²) >= 11 is 0. The summed E-state index contributed by atoms with van der Waals surface area (Å²) in [5, 5.41) is 14.2. The Morgan fingerprint density at radius 3 is 2.71 bits per heavy atom. The Morgan fingerprint density at radius 1 is 1.41 bits per heavy atom. The molecule has 0 amide bonds. The van der Waals surface area contributed by atoms with E-state index in [9.17, 15) is 9.50 Å². The van der Waals surface area contributed by atoms with Gasteiger partial charge < -0.3 is 5.11 Å². The van der Waals surface area contributed by atoms with Gasteiger partial charge in [-0.15, -0.1) is 0 Å². The average molecular weight is 234 g/mol. The average Bonchev–Trinajstić information content (AvgIpc) is 2.61. The van der Waals surface area contributed by atoms with E-state index < -0.39 is 6.10 Å². The molecule has 0 fully saturated rings. The number of benzene rings is 1. The minimum atomic E-state index is -0.738. The number of halogens is 1. The number of nitrogens with zero attached hydrogens (tertiary/aromatic N) is 2. The van der Waals surface area contributed by atoms with Gasteiger partial charge in [0, 0.05) is 13.5 Å². The van der Waals surface area contributed by atoms with Gasteiger partial charge in [0.2, 0.25) is 0 Å². The van der Waals surface area contributed by atoms with Crippen LogP contribution >= 0.6 is 0 Å². The lowest BCUT2D eigenvalue weighted by Crippen LogP contribution is -2.08. The van der Waals surface area contributed by atoms with Crippen molar-refractivity contribution in [3.05, 3.63) is 53.1 Å². The quantitative estimate of drug-likeness (QED) is 0.883. The summed E-state index contributed by atoms with van der Waals surface area (Å²) in [6.45, 7) is 1.86. The van der Waals surface area contributed by atoms with Crippen molar-refractivity contribution in [2.24, 2.45) is 7.05 Å². The Hall–Kier alpha value is -1.68. The molecule has 0 radical (unpaired) electrons. The molecular weight excluding hydrogens is 219 g/mol. The van der Waals surface area contributed by atoms with E-state index in [2.05, 4.69) is 5.10 Å². The summed E-state index contributed by atoms with van der Waals surface area (Å²) < 4.78 is 15.1. The van der Waals surface area contributed by atoms with Gasteiger partial charge in [0.1, 0.15) is 5.82 Å². The van der Waals surface area contributed by atoms with Crippen LogP contribution in [0.4, 0.5) is 4.39 Å². The highest BCUT2D eigenvalue weighted by Crippen LogP contribution is 2.20. The molecule has 2 rings (SSSR count). The molecule has 90 valence electrons. The summed E-state index contributed by atoms with van der Waals surface area (Å²) in [4.78, 5) is 0. The maximum atomic E-state index is 13.4. The molecule has 1 atom stereocenters. The summed E-state index contributed by atoms with van der Waals surface area (Å²) in [5.74, 6) is -0.287. The third-order valence-electron chi connectivity index (χ3n) is 2.75.